The van der Waals surface area contributed by atoms with E-state index < -0.39 is 6.10 Å². The summed E-state index contributed by atoms with van der Waals surface area (Å²) < 4.78 is 2.95. The number of rotatable bonds is 5. The highest BCUT2D eigenvalue weighted by Crippen LogP contribution is 2.29. The molecule has 3 rings (SSSR count). The third-order valence-electron chi connectivity index (χ3n) is 3.68. The molecule has 2 aromatic heterocycles. The highest BCUT2D eigenvalue weighted by Gasteiger charge is 2.12. The maximum Gasteiger partial charge on any atom is 0.191 e. The second-order valence-corrected chi connectivity index (χ2v) is 6.65. The summed E-state index contributed by atoms with van der Waals surface area (Å²) in [5.41, 5.74) is 1.07. The van der Waals surface area contributed by atoms with Gasteiger partial charge in [-0.3, -0.25) is 9.67 Å². The Morgan fingerprint density at radius 2 is 2.21 bits per heavy atom. The minimum absolute atomic E-state index is 0.402. The molecule has 3 N–H and O–H groups in total. The maximum atomic E-state index is 10.4. The molecule has 1 unspecified atom stereocenters. The Labute approximate surface area is 144 Å². The first kappa shape index (κ1) is 16.5. The molecule has 0 aliphatic carbocycles. The third-order valence-corrected chi connectivity index (χ3v) is 4.90. The summed E-state index contributed by atoms with van der Waals surface area (Å²) in [6.07, 6.45) is 3.19. The van der Waals surface area contributed by atoms with Crippen molar-refractivity contribution in [2.75, 3.05) is 13.6 Å². The van der Waals surface area contributed by atoms with Crippen LogP contribution in [0.15, 0.2) is 47.7 Å². The SMILES string of the molecule is CN=C(NCc1cnn(C)c1)NCC(O)c1cc2ccccc2s1. The van der Waals surface area contributed by atoms with Gasteiger partial charge in [-0.2, -0.15) is 5.10 Å². The Morgan fingerprint density at radius 3 is 2.92 bits per heavy atom. The molecule has 7 heteroatoms. The predicted molar refractivity (Wildman–Crippen MR) is 98.2 cm³/mol. The van der Waals surface area contributed by atoms with E-state index in [4.69, 9.17) is 0 Å². The van der Waals surface area contributed by atoms with Crippen LogP contribution in [0.5, 0.6) is 0 Å². The van der Waals surface area contributed by atoms with Gasteiger partial charge in [-0.05, 0) is 17.5 Å². The number of nitrogens with one attached hydrogen (secondary N) is 2. The van der Waals surface area contributed by atoms with Crippen LogP contribution in [0.2, 0.25) is 0 Å². The number of fused-ring (bicyclic) bond motifs is 1. The van der Waals surface area contributed by atoms with Crippen LogP contribution in [-0.2, 0) is 13.6 Å². The van der Waals surface area contributed by atoms with Crippen molar-refractivity contribution in [3.05, 3.63) is 53.2 Å². The van der Waals surface area contributed by atoms with Crippen molar-refractivity contribution in [2.45, 2.75) is 12.6 Å². The van der Waals surface area contributed by atoms with Gasteiger partial charge in [0.25, 0.3) is 0 Å². The summed E-state index contributed by atoms with van der Waals surface area (Å²) in [6, 6.07) is 10.2. The van der Waals surface area contributed by atoms with Gasteiger partial charge in [-0.15, -0.1) is 11.3 Å². The van der Waals surface area contributed by atoms with Crippen LogP contribution in [0.3, 0.4) is 0 Å². The standard InChI is InChI=1S/C17H21N5OS/c1-18-17(19-8-12-9-21-22(2)11-12)20-10-14(23)16-7-13-5-3-4-6-15(13)24-16/h3-7,9,11,14,23H,8,10H2,1-2H3,(H2,18,19,20). The minimum atomic E-state index is -0.570. The summed E-state index contributed by atoms with van der Waals surface area (Å²) in [6.45, 7) is 1.03. The Balaban J connectivity index is 1.54. The molecule has 0 saturated heterocycles. The number of aromatic nitrogens is 2. The third kappa shape index (κ3) is 3.93. The number of guanidine groups is 1. The highest BCUT2D eigenvalue weighted by molar-refractivity contribution is 7.19. The zero-order chi connectivity index (χ0) is 16.9. The molecule has 6 nitrogen and oxygen atoms in total. The number of hydrogen-bond donors (Lipinski definition) is 3. The van der Waals surface area contributed by atoms with Crippen molar-refractivity contribution in [3.8, 4) is 0 Å². The summed E-state index contributed by atoms with van der Waals surface area (Å²) in [5.74, 6) is 0.652. The lowest BCUT2D eigenvalue weighted by atomic mass is 10.2. The second kappa shape index (κ2) is 7.46. The van der Waals surface area contributed by atoms with E-state index in [1.165, 1.54) is 4.70 Å². The molecule has 0 bridgehead atoms. The fourth-order valence-electron chi connectivity index (χ4n) is 2.43. The lowest BCUT2D eigenvalue weighted by Crippen LogP contribution is -2.38. The first-order valence-electron chi connectivity index (χ1n) is 7.74. The van der Waals surface area contributed by atoms with Crippen LogP contribution in [0.4, 0.5) is 0 Å². The molecule has 0 fully saturated rings. The van der Waals surface area contributed by atoms with Crippen molar-refractivity contribution in [2.24, 2.45) is 12.0 Å². The zero-order valence-electron chi connectivity index (χ0n) is 13.7. The number of hydrogen-bond acceptors (Lipinski definition) is 4. The van der Waals surface area contributed by atoms with Crippen LogP contribution in [0, 0.1) is 0 Å². The number of aliphatic hydroxyl groups is 1. The lowest BCUT2D eigenvalue weighted by Gasteiger charge is -2.14. The van der Waals surface area contributed by atoms with E-state index in [1.54, 1.807) is 23.1 Å². The maximum absolute atomic E-state index is 10.4. The van der Waals surface area contributed by atoms with E-state index in [-0.39, 0.29) is 0 Å². The van der Waals surface area contributed by atoms with Gasteiger partial charge in [0, 0.05) is 48.5 Å². The van der Waals surface area contributed by atoms with Gasteiger partial charge in [0.1, 0.15) is 6.10 Å². The summed E-state index contributed by atoms with van der Waals surface area (Å²) in [7, 11) is 3.60. The van der Waals surface area contributed by atoms with Crippen molar-refractivity contribution in [1.29, 1.82) is 0 Å². The first-order chi connectivity index (χ1) is 11.7. The van der Waals surface area contributed by atoms with Crippen molar-refractivity contribution >= 4 is 27.4 Å². The molecular weight excluding hydrogens is 322 g/mol. The van der Waals surface area contributed by atoms with Gasteiger partial charge >= 0.3 is 0 Å². The number of thiophene rings is 1. The minimum Gasteiger partial charge on any atom is -0.386 e. The van der Waals surface area contributed by atoms with Crippen LogP contribution in [-0.4, -0.2) is 34.4 Å². The molecular formula is C17H21N5OS. The molecule has 1 aromatic carbocycles. The fourth-order valence-corrected chi connectivity index (χ4v) is 3.48. The highest BCUT2D eigenvalue weighted by atomic mass is 32.1. The Bertz CT molecular complexity index is 805. The van der Waals surface area contributed by atoms with E-state index in [2.05, 4.69) is 32.9 Å². The second-order valence-electron chi connectivity index (χ2n) is 5.53. The van der Waals surface area contributed by atoms with Crippen molar-refractivity contribution in [3.63, 3.8) is 0 Å². The van der Waals surface area contributed by atoms with Gasteiger partial charge in [0.05, 0.1) is 6.20 Å². The van der Waals surface area contributed by atoms with Gasteiger partial charge in [-0.1, -0.05) is 18.2 Å². The largest absolute Gasteiger partial charge is 0.386 e. The van der Waals surface area contributed by atoms with E-state index >= 15 is 0 Å². The van der Waals surface area contributed by atoms with E-state index in [0.29, 0.717) is 19.0 Å². The average Bonchev–Trinajstić information content (AvgIpc) is 3.20. The van der Waals surface area contributed by atoms with Gasteiger partial charge in [-0.25, -0.2) is 0 Å². The molecule has 0 amide bonds. The predicted octanol–water partition coefficient (Wildman–Crippen LogP) is 2.03. The van der Waals surface area contributed by atoms with E-state index in [9.17, 15) is 5.11 Å². The van der Waals surface area contributed by atoms with Crippen LogP contribution >= 0.6 is 11.3 Å². The quantitative estimate of drug-likeness (QED) is 0.489. The Kier molecular flexibility index (Phi) is 5.12. The van der Waals surface area contributed by atoms with Crippen LogP contribution in [0.1, 0.15) is 16.5 Å². The monoisotopic (exact) mass is 343 g/mol. The molecule has 0 saturated carbocycles. The molecule has 24 heavy (non-hydrogen) atoms. The topological polar surface area (TPSA) is 74.5 Å². The van der Waals surface area contributed by atoms with E-state index in [0.717, 1.165) is 15.8 Å². The summed E-state index contributed by atoms with van der Waals surface area (Å²) in [5, 5.41) is 22.1. The summed E-state index contributed by atoms with van der Waals surface area (Å²) in [4.78, 5) is 5.13. The van der Waals surface area contributed by atoms with Gasteiger partial charge in [0.15, 0.2) is 5.96 Å². The van der Waals surface area contributed by atoms with Crippen LogP contribution in [0.25, 0.3) is 10.1 Å². The molecule has 126 valence electrons. The number of aliphatic imine (C=N–C) groups is 1. The average molecular weight is 343 g/mol. The van der Waals surface area contributed by atoms with Gasteiger partial charge in [0.2, 0.25) is 0 Å². The normalized spacial score (nSPS) is 13.2. The number of aliphatic hydroxyl groups excluding tert-OH is 1. The molecule has 1 atom stereocenters. The number of aryl methyl sites for hydroxylation is 1. The van der Waals surface area contributed by atoms with Gasteiger partial charge < -0.3 is 15.7 Å². The number of benzene rings is 1. The van der Waals surface area contributed by atoms with Crippen LogP contribution < -0.4 is 10.6 Å². The molecule has 0 aliphatic heterocycles. The Morgan fingerprint density at radius 1 is 1.38 bits per heavy atom. The molecule has 0 radical (unpaired) electrons. The zero-order valence-corrected chi connectivity index (χ0v) is 14.5. The fraction of sp³-hybridized carbons (Fsp3) is 0.294. The molecule has 2 heterocycles. The van der Waals surface area contributed by atoms with Crippen molar-refractivity contribution in [1.82, 2.24) is 20.4 Å². The molecule has 0 spiro atoms. The summed E-state index contributed by atoms with van der Waals surface area (Å²) >= 11 is 1.62. The van der Waals surface area contributed by atoms with Crippen molar-refractivity contribution < 1.29 is 5.11 Å². The molecule has 0 aliphatic rings. The number of nitrogens with zero attached hydrogens (tertiary/aromatic N) is 3. The molecule has 3 aromatic rings. The first-order valence-corrected chi connectivity index (χ1v) is 8.56. The van der Waals surface area contributed by atoms with E-state index in [1.807, 2.05) is 37.6 Å². The Hall–Kier alpha value is -2.38. The smallest absolute Gasteiger partial charge is 0.191 e. The lowest BCUT2D eigenvalue weighted by molar-refractivity contribution is 0.184.